The molecule has 0 aliphatic heterocycles. The molecule has 108 valence electrons. The number of thiophene rings is 1. The number of halogens is 1. The Kier molecular flexibility index (Phi) is 4.39. The quantitative estimate of drug-likeness (QED) is 0.761. The van der Waals surface area contributed by atoms with Gasteiger partial charge < -0.3 is 5.32 Å². The van der Waals surface area contributed by atoms with Gasteiger partial charge in [-0.05, 0) is 30.8 Å². The van der Waals surface area contributed by atoms with Gasteiger partial charge in [-0.25, -0.2) is 4.68 Å². The van der Waals surface area contributed by atoms with Crippen LogP contribution in [0, 0.1) is 0 Å². The molecule has 0 amide bonds. The summed E-state index contributed by atoms with van der Waals surface area (Å²) in [5, 5.41) is 7.96. The van der Waals surface area contributed by atoms with E-state index < -0.39 is 0 Å². The molecule has 0 saturated heterocycles. The first kappa shape index (κ1) is 14.3. The Morgan fingerprint density at radius 3 is 2.71 bits per heavy atom. The van der Waals surface area contributed by atoms with Crippen LogP contribution in [0.25, 0.3) is 5.69 Å². The Labute approximate surface area is 133 Å². The summed E-state index contributed by atoms with van der Waals surface area (Å²) < 4.78 is 2.71. The number of benzene rings is 1. The lowest BCUT2D eigenvalue weighted by Crippen LogP contribution is -2.20. The molecule has 0 spiro atoms. The Morgan fingerprint density at radius 1 is 1.24 bits per heavy atom. The van der Waals surface area contributed by atoms with Crippen LogP contribution in [0.3, 0.4) is 0 Å². The molecule has 1 aromatic carbocycles. The first-order valence-corrected chi connectivity index (χ1v) is 8.06. The summed E-state index contributed by atoms with van der Waals surface area (Å²) >= 11 is 7.66. The number of hydrogen-bond donors (Lipinski definition) is 1. The number of hydrogen-bond acceptors (Lipinski definition) is 3. The highest BCUT2D eigenvalue weighted by Gasteiger charge is 2.17. The Morgan fingerprint density at radius 2 is 2.05 bits per heavy atom. The molecule has 0 aliphatic carbocycles. The van der Waals surface area contributed by atoms with Crippen molar-refractivity contribution in [3.05, 3.63) is 69.6 Å². The lowest BCUT2D eigenvalue weighted by atomic mass is 10.1. The molecule has 0 saturated carbocycles. The molecule has 0 fully saturated rings. The SMILES string of the molecule is CCNC(c1cnn(-c2ccccc2)c1)c1ccc(Cl)s1. The van der Waals surface area contributed by atoms with Gasteiger partial charge in [0.1, 0.15) is 0 Å². The number of rotatable bonds is 5. The van der Waals surface area contributed by atoms with Gasteiger partial charge in [-0.2, -0.15) is 5.10 Å². The Balaban J connectivity index is 1.92. The van der Waals surface area contributed by atoms with Crippen molar-refractivity contribution >= 4 is 22.9 Å². The zero-order valence-electron chi connectivity index (χ0n) is 11.7. The van der Waals surface area contributed by atoms with Crippen molar-refractivity contribution in [3.63, 3.8) is 0 Å². The molecule has 5 heteroatoms. The van der Waals surface area contributed by atoms with Crippen LogP contribution in [0.1, 0.15) is 23.4 Å². The molecular weight excluding hydrogens is 302 g/mol. The van der Waals surface area contributed by atoms with Gasteiger partial charge in [-0.3, -0.25) is 0 Å². The molecular formula is C16H16ClN3S. The van der Waals surface area contributed by atoms with Crippen molar-refractivity contribution in [1.29, 1.82) is 0 Å². The van der Waals surface area contributed by atoms with Crippen molar-refractivity contribution in [1.82, 2.24) is 15.1 Å². The molecule has 2 heterocycles. The molecule has 3 aromatic rings. The smallest absolute Gasteiger partial charge is 0.0931 e. The predicted octanol–water partition coefficient (Wildman–Crippen LogP) is 4.29. The molecule has 2 aromatic heterocycles. The van der Waals surface area contributed by atoms with Crippen molar-refractivity contribution < 1.29 is 0 Å². The van der Waals surface area contributed by atoms with Crippen LogP contribution >= 0.6 is 22.9 Å². The lowest BCUT2D eigenvalue weighted by molar-refractivity contribution is 0.639. The van der Waals surface area contributed by atoms with Crippen molar-refractivity contribution in [2.24, 2.45) is 0 Å². The summed E-state index contributed by atoms with van der Waals surface area (Å²) in [6.45, 7) is 2.99. The van der Waals surface area contributed by atoms with Crippen molar-refractivity contribution in [3.8, 4) is 5.69 Å². The largest absolute Gasteiger partial charge is 0.306 e. The second-order valence-corrected chi connectivity index (χ2v) is 6.43. The van der Waals surface area contributed by atoms with E-state index in [0.29, 0.717) is 0 Å². The van der Waals surface area contributed by atoms with Crippen LogP contribution in [0.4, 0.5) is 0 Å². The molecule has 1 unspecified atom stereocenters. The third-order valence-electron chi connectivity index (χ3n) is 3.24. The molecule has 1 N–H and O–H groups in total. The average molecular weight is 318 g/mol. The van der Waals surface area contributed by atoms with E-state index in [0.717, 1.165) is 22.1 Å². The lowest BCUT2D eigenvalue weighted by Gasteiger charge is -2.14. The van der Waals surface area contributed by atoms with Crippen LogP contribution in [0.2, 0.25) is 4.34 Å². The van der Waals surface area contributed by atoms with E-state index in [-0.39, 0.29) is 6.04 Å². The first-order valence-electron chi connectivity index (χ1n) is 6.86. The van der Waals surface area contributed by atoms with Gasteiger partial charge >= 0.3 is 0 Å². The van der Waals surface area contributed by atoms with Crippen molar-refractivity contribution in [2.45, 2.75) is 13.0 Å². The van der Waals surface area contributed by atoms with E-state index >= 15 is 0 Å². The fourth-order valence-electron chi connectivity index (χ4n) is 2.28. The molecule has 0 aliphatic rings. The normalized spacial score (nSPS) is 12.5. The van der Waals surface area contributed by atoms with E-state index in [4.69, 9.17) is 11.6 Å². The van der Waals surface area contributed by atoms with Crippen LogP contribution in [0.15, 0.2) is 54.9 Å². The van der Waals surface area contributed by atoms with E-state index in [1.165, 1.54) is 4.88 Å². The van der Waals surface area contributed by atoms with Crippen LogP contribution < -0.4 is 5.32 Å². The third-order valence-corrected chi connectivity index (χ3v) is 4.54. The van der Waals surface area contributed by atoms with Crippen LogP contribution in [-0.2, 0) is 0 Å². The molecule has 21 heavy (non-hydrogen) atoms. The summed E-state index contributed by atoms with van der Waals surface area (Å²) in [6, 6.07) is 14.2. The van der Waals surface area contributed by atoms with Gasteiger partial charge in [0.05, 0.1) is 22.3 Å². The summed E-state index contributed by atoms with van der Waals surface area (Å²) in [4.78, 5) is 1.20. The highest BCUT2D eigenvalue weighted by atomic mass is 35.5. The zero-order chi connectivity index (χ0) is 14.7. The van der Waals surface area contributed by atoms with E-state index in [1.807, 2.05) is 47.3 Å². The maximum Gasteiger partial charge on any atom is 0.0931 e. The predicted molar refractivity (Wildman–Crippen MR) is 88.4 cm³/mol. The van der Waals surface area contributed by atoms with Gasteiger partial charge in [0, 0.05) is 16.6 Å². The summed E-state index contributed by atoms with van der Waals surface area (Å²) in [5.74, 6) is 0. The fraction of sp³-hybridized carbons (Fsp3) is 0.188. The Bertz CT molecular complexity index is 705. The van der Waals surface area contributed by atoms with E-state index in [2.05, 4.69) is 29.6 Å². The van der Waals surface area contributed by atoms with E-state index in [9.17, 15) is 0 Å². The molecule has 1 atom stereocenters. The highest BCUT2D eigenvalue weighted by Crippen LogP contribution is 2.31. The third kappa shape index (κ3) is 3.18. The monoisotopic (exact) mass is 317 g/mol. The molecule has 3 rings (SSSR count). The second-order valence-electron chi connectivity index (χ2n) is 4.69. The maximum atomic E-state index is 6.06. The van der Waals surface area contributed by atoms with Crippen LogP contribution in [0.5, 0.6) is 0 Å². The van der Waals surface area contributed by atoms with Gasteiger partial charge in [0.25, 0.3) is 0 Å². The number of nitrogens with zero attached hydrogens (tertiary/aromatic N) is 2. The van der Waals surface area contributed by atoms with Crippen molar-refractivity contribution in [2.75, 3.05) is 6.54 Å². The highest BCUT2D eigenvalue weighted by molar-refractivity contribution is 7.16. The topological polar surface area (TPSA) is 29.9 Å². The summed E-state index contributed by atoms with van der Waals surface area (Å²) in [7, 11) is 0. The maximum absolute atomic E-state index is 6.06. The minimum atomic E-state index is 0.130. The minimum Gasteiger partial charge on any atom is -0.306 e. The Hall–Kier alpha value is -1.62. The van der Waals surface area contributed by atoms with Gasteiger partial charge in [-0.15, -0.1) is 11.3 Å². The van der Waals surface area contributed by atoms with E-state index in [1.54, 1.807) is 11.3 Å². The number of aromatic nitrogens is 2. The molecule has 3 nitrogen and oxygen atoms in total. The average Bonchev–Trinajstić information content (AvgIpc) is 3.15. The number of para-hydroxylation sites is 1. The van der Waals surface area contributed by atoms with Crippen LogP contribution in [-0.4, -0.2) is 16.3 Å². The fourth-order valence-corrected chi connectivity index (χ4v) is 3.44. The zero-order valence-corrected chi connectivity index (χ0v) is 13.2. The van der Waals surface area contributed by atoms with Gasteiger partial charge in [0.15, 0.2) is 0 Å². The molecule has 0 bridgehead atoms. The minimum absolute atomic E-state index is 0.130. The molecule has 0 radical (unpaired) electrons. The standard InChI is InChI=1S/C16H16ClN3S/c1-2-18-16(14-8-9-15(17)21-14)12-10-19-20(11-12)13-6-4-3-5-7-13/h3-11,16,18H,2H2,1H3. The first-order chi connectivity index (χ1) is 10.3. The summed E-state index contributed by atoms with van der Waals surface area (Å²) in [5.41, 5.74) is 2.20. The summed E-state index contributed by atoms with van der Waals surface area (Å²) in [6.07, 6.45) is 3.98. The van der Waals surface area contributed by atoms with Gasteiger partial charge in [0.2, 0.25) is 0 Å². The second kappa shape index (κ2) is 6.43. The number of nitrogens with one attached hydrogen (secondary N) is 1. The van der Waals surface area contributed by atoms with Gasteiger partial charge in [-0.1, -0.05) is 36.7 Å².